The van der Waals surface area contributed by atoms with E-state index in [-0.39, 0.29) is 0 Å². The Morgan fingerprint density at radius 1 is 1.05 bits per heavy atom. The van der Waals surface area contributed by atoms with Gasteiger partial charge in [0.25, 0.3) is 0 Å². The van der Waals surface area contributed by atoms with Crippen molar-refractivity contribution in [3.05, 3.63) is 36.4 Å². The van der Waals surface area contributed by atoms with Crippen LogP contribution in [0.5, 0.6) is 5.75 Å². The van der Waals surface area contributed by atoms with Crippen LogP contribution in [0.15, 0.2) is 30.6 Å². The molecule has 1 aromatic carbocycles. The number of nitrogen functional groups attached to an aromatic ring is 1. The van der Waals surface area contributed by atoms with Crippen LogP contribution in [-0.4, -0.2) is 27.3 Å². The summed E-state index contributed by atoms with van der Waals surface area (Å²) in [5, 5.41) is 9.95. The van der Waals surface area contributed by atoms with Gasteiger partial charge in [-0.3, -0.25) is 0 Å². The molecule has 0 radical (unpaired) electrons. The van der Waals surface area contributed by atoms with Crippen molar-refractivity contribution < 1.29 is 4.74 Å². The zero-order valence-electron chi connectivity index (χ0n) is 11.6. The summed E-state index contributed by atoms with van der Waals surface area (Å²) in [6.45, 7) is 1.84. The van der Waals surface area contributed by atoms with Crippen LogP contribution < -0.4 is 10.5 Å². The third kappa shape index (κ3) is 2.68. The second-order valence-electron chi connectivity index (χ2n) is 4.39. The van der Waals surface area contributed by atoms with E-state index in [2.05, 4.69) is 20.2 Å². The third-order valence-electron chi connectivity index (χ3n) is 2.93. The van der Waals surface area contributed by atoms with Crippen molar-refractivity contribution in [1.29, 1.82) is 0 Å². The molecule has 106 valence electrons. The maximum atomic E-state index is 5.92. The Kier molecular flexibility index (Phi) is 3.49. The van der Waals surface area contributed by atoms with Crippen molar-refractivity contribution >= 4 is 17.0 Å². The maximum absolute atomic E-state index is 5.92. The molecule has 0 spiro atoms. The lowest BCUT2D eigenvalue weighted by Crippen LogP contribution is -1.92. The van der Waals surface area contributed by atoms with Gasteiger partial charge in [-0.2, -0.15) is 0 Å². The van der Waals surface area contributed by atoms with Crippen LogP contribution in [0.25, 0.3) is 21.1 Å². The number of aryl methyl sites for hydroxylation is 1. The molecule has 2 heterocycles. The minimum Gasteiger partial charge on any atom is -0.495 e. The lowest BCUT2D eigenvalue weighted by Gasteiger charge is -2.04. The van der Waals surface area contributed by atoms with Crippen LogP contribution >= 0.6 is 11.3 Å². The first-order valence-electron chi connectivity index (χ1n) is 6.24. The Bertz CT molecular complexity index is 769. The molecule has 0 fully saturated rings. The Hall–Kier alpha value is -2.54. The van der Waals surface area contributed by atoms with Gasteiger partial charge in [-0.1, -0.05) is 11.3 Å². The van der Waals surface area contributed by atoms with Gasteiger partial charge < -0.3 is 10.5 Å². The fraction of sp³-hybridized carbons (Fsp3) is 0.143. The highest BCUT2D eigenvalue weighted by atomic mass is 32.1. The molecule has 0 aliphatic heterocycles. The number of hydrogen-bond donors (Lipinski definition) is 1. The van der Waals surface area contributed by atoms with Gasteiger partial charge >= 0.3 is 0 Å². The van der Waals surface area contributed by atoms with Crippen molar-refractivity contribution in [1.82, 2.24) is 20.2 Å². The average Bonchev–Trinajstić information content (AvgIpc) is 2.98. The fourth-order valence-electron chi connectivity index (χ4n) is 1.83. The summed E-state index contributed by atoms with van der Waals surface area (Å²) in [6.07, 6.45) is 3.49. The second-order valence-corrected chi connectivity index (χ2v) is 5.37. The van der Waals surface area contributed by atoms with E-state index in [1.54, 1.807) is 19.5 Å². The summed E-state index contributed by atoms with van der Waals surface area (Å²) < 4.78 is 5.15. The van der Waals surface area contributed by atoms with E-state index < -0.39 is 0 Å². The van der Waals surface area contributed by atoms with E-state index >= 15 is 0 Å². The van der Waals surface area contributed by atoms with Gasteiger partial charge in [-0.25, -0.2) is 9.97 Å². The van der Waals surface area contributed by atoms with E-state index in [4.69, 9.17) is 10.5 Å². The number of anilines is 1. The first-order valence-corrected chi connectivity index (χ1v) is 7.05. The van der Waals surface area contributed by atoms with E-state index in [1.807, 2.05) is 25.1 Å². The number of aromatic nitrogens is 4. The molecule has 0 aliphatic carbocycles. The minimum absolute atomic E-state index is 0.574. The molecule has 0 saturated carbocycles. The summed E-state index contributed by atoms with van der Waals surface area (Å²) in [7, 11) is 1.59. The number of methoxy groups -OCH3 is 1. The van der Waals surface area contributed by atoms with Gasteiger partial charge in [-0.15, -0.1) is 10.2 Å². The lowest BCUT2D eigenvalue weighted by atomic mass is 10.2. The minimum atomic E-state index is 0.574. The number of rotatable bonds is 3. The van der Waals surface area contributed by atoms with Gasteiger partial charge in [0.1, 0.15) is 16.6 Å². The Labute approximate surface area is 125 Å². The molecule has 3 rings (SSSR count). The van der Waals surface area contributed by atoms with Gasteiger partial charge in [-0.05, 0) is 25.1 Å². The molecular formula is C14H13N5OS. The molecule has 6 nitrogen and oxygen atoms in total. The van der Waals surface area contributed by atoms with Gasteiger partial charge in [0.2, 0.25) is 0 Å². The molecular weight excluding hydrogens is 286 g/mol. The van der Waals surface area contributed by atoms with E-state index in [0.717, 1.165) is 27.0 Å². The van der Waals surface area contributed by atoms with Crippen LogP contribution in [-0.2, 0) is 0 Å². The third-order valence-corrected chi connectivity index (χ3v) is 3.95. The Morgan fingerprint density at radius 2 is 1.71 bits per heavy atom. The number of hydrogen-bond acceptors (Lipinski definition) is 7. The van der Waals surface area contributed by atoms with E-state index in [1.165, 1.54) is 11.3 Å². The van der Waals surface area contributed by atoms with Crippen LogP contribution in [0.1, 0.15) is 5.82 Å². The number of benzene rings is 1. The first-order chi connectivity index (χ1) is 10.2. The van der Waals surface area contributed by atoms with Gasteiger partial charge in [0.05, 0.1) is 12.8 Å². The van der Waals surface area contributed by atoms with Crippen LogP contribution in [0.4, 0.5) is 5.69 Å². The normalized spacial score (nSPS) is 10.6. The van der Waals surface area contributed by atoms with E-state index in [0.29, 0.717) is 11.4 Å². The summed E-state index contributed by atoms with van der Waals surface area (Å²) in [4.78, 5) is 8.33. The summed E-state index contributed by atoms with van der Waals surface area (Å²) >= 11 is 1.47. The second kappa shape index (κ2) is 5.45. The quantitative estimate of drug-likeness (QED) is 0.748. The summed E-state index contributed by atoms with van der Waals surface area (Å²) in [6, 6.07) is 5.56. The highest BCUT2D eigenvalue weighted by Gasteiger charge is 2.11. The predicted molar refractivity (Wildman–Crippen MR) is 82.1 cm³/mol. The molecule has 0 aliphatic rings. The lowest BCUT2D eigenvalue weighted by molar-refractivity contribution is 0.417. The van der Waals surface area contributed by atoms with Gasteiger partial charge in [0, 0.05) is 23.5 Å². The summed E-state index contributed by atoms with van der Waals surface area (Å²) in [5.41, 5.74) is 8.25. The largest absolute Gasteiger partial charge is 0.495 e. The molecule has 0 saturated heterocycles. The molecule has 21 heavy (non-hydrogen) atoms. The number of ether oxygens (including phenoxy) is 1. The van der Waals surface area contributed by atoms with Crippen LogP contribution in [0.2, 0.25) is 0 Å². The maximum Gasteiger partial charge on any atom is 0.151 e. The zero-order chi connectivity index (χ0) is 14.8. The van der Waals surface area contributed by atoms with Crippen molar-refractivity contribution in [2.45, 2.75) is 6.92 Å². The smallest absolute Gasteiger partial charge is 0.151 e. The Morgan fingerprint density at radius 3 is 2.33 bits per heavy atom. The average molecular weight is 299 g/mol. The standard InChI is InChI=1S/C14H13N5OS/c1-8-16-6-10(7-17-8)14-19-18-13(21-14)9-3-4-12(20-2)11(15)5-9/h3-7H,15H2,1-2H3. The van der Waals surface area contributed by atoms with Gasteiger partial charge in [0.15, 0.2) is 5.01 Å². The molecule has 0 amide bonds. The molecule has 3 aromatic rings. The highest BCUT2D eigenvalue weighted by Crippen LogP contribution is 2.32. The first kappa shape index (κ1) is 13.4. The SMILES string of the molecule is COc1ccc(-c2nnc(-c3cnc(C)nc3)s2)cc1N. The van der Waals surface area contributed by atoms with Crippen LogP contribution in [0, 0.1) is 6.92 Å². The summed E-state index contributed by atoms with van der Waals surface area (Å²) in [5.74, 6) is 1.38. The van der Waals surface area contributed by atoms with Crippen molar-refractivity contribution in [3.63, 3.8) is 0 Å². The van der Waals surface area contributed by atoms with Crippen LogP contribution in [0.3, 0.4) is 0 Å². The number of nitrogens with zero attached hydrogens (tertiary/aromatic N) is 4. The number of nitrogens with two attached hydrogens (primary N) is 1. The Balaban J connectivity index is 1.94. The predicted octanol–water partition coefficient (Wildman–Crippen LogP) is 2.56. The topological polar surface area (TPSA) is 86.8 Å². The molecule has 0 atom stereocenters. The van der Waals surface area contributed by atoms with Crippen molar-refractivity contribution in [2.75, 3.05) is 12.8 Å². The monoisotopic (exact) mass is 299 g/mol. The fourth-order valence-corrected chi connectivity index (χ4v) is 2.64. The van der Waals surface area contributed by atoms with E-state index in [9.17, 15) is 0 Å². The molecule has 7 heteroatoms. The van der Waals surface area contributed by atoms with Crippen molar-refractivity contribution in [2.24, 2.45) is 0 Å². The molecule has 0 unspecified atom stereocenters. The molecule has 0 bridgehead atoms. The highest BCUT2D eigenvalue weighted by molar-refractivity contribution is 7.17. The molecule has 2 N–H and O–H groups in total. The zero-order valence-corrected chi connectivity index (χ0v) is 12.4. The van der Waals surface area contributed by atoms with Crippen molar-refractivity contribution in [3.8, 4) is 26.9 Å². The molecule has 2 aromatic heterocycles.